The van der Waals surface area contributed by atoms with Crippen molar-refractivity contribution >= 4 is 46.6 Å². The van der Waals surface area contributed by atoms with Gasteiger partial charge in [-0.15, -0.1) is 0 Å². The van der Waals surface area contributed by atoms with Gasteiger partial charge >= 0.3 is 0 Å². The van der Waals surface area contributed by atoms with E-state index in [0.717, 1.165) is 5.56 Å². The Labute approximate surface area is 145 Å². The Morgan fingerprint density at radius 1 is 0.917 bits per heavy atom. The first-order chi connectivity index (χ1) is 11.5. The molecular weight excluding hydrogens is 322 g/mol. The van der Waals surface area contributed by atoms with Gasteiger partial charge in [-0.25, -0.2) is 0 Å². The molecule has 0 bridgehead atoms. The minimum atomic E-state index is -0.314. The maximum absolute atomic E-state index is 11.8. The number of rotatable bonds is 4. The number of benzene rings is 2. The van der Waals surface area contributed by atoms with Gasteiger partial charge < -0.3 is 10.6 Å². The standard InChI is InChI=1S/C18H17N3O2S/c1-13(22)19-15-8-10-16(11-9-15)20-18(24)21-17(23)12-7-14-5-3-2-4-6-14/h2-12H,1H3,(H,19,22)(H2,20,21,23,24)/b12-7+. The van der Waals surface area contributed by atoms with Crippen molar-refractivity contribution in [1.82, 2.24) is 5.32 Å². The Hall–Kier alpha value is -2.99. The summed E-state index contributed by atoms with van der Waals surface area (Å²) in [6.45, 7) is 1.44. The number of hydrogen-bond donors (Lipinski definition) is 3. The highest BCUT2D eigenvalue weighted by Gasteiger charge is 2.02. The Morgan fingerprint density at radius 2 is 1.50 bits per heavy atom. The van der Waals surface area contributed by atoms with Crippen LogP contribution in [0.15, 0.2) is 60.7 Å². The molecule has 0 aliphatic rings. The van der Waals surface area contributed by atoms with Gasteiger partial charge in [0.05, 0.1) is 0 Å². The average Bonchev–Trinajstić information content (AvgIpc) is 2.55. The van der Waals surface area contributed by atoms with E-state index in [1.54, 1.807) is 30.3 Å². The molecule has 2 aromatic rings. The molecule has 0 saturated heterocycles. The van der Waals surface area contributed by atoms with Crippen molar-refractivity contribution in [2.24, 2.45) is 0 Å². The number of carbonyl (C=O) groups excluding carboxylic acids is 2. The second-order valence-corrected chi connectivity index (χ2v) is 5.35. The summed E-state index contributed by atoms with van der Waals surface area (Å²) in [6, 6.07) is 16.5. The summed E-state index contributed by atoms with van der Waals surface area (Å²) in [5.41, 5.74) is 2.33. The molecular formula is C18H17N3O2S. The number of carbonyl (C=O) groups is 2. The molecule has 3 N–H and O–H groups in total. The maximum atomic E-state index is 11.8. The highest BCUT2D eigenvalue weighted by molar-refractivity contribution is 7.80. The lowest BCUT2D eigenvalue weighted by atomic mass is 10.2. The van der Waals surface area contributed by atoms with Crippen molar-refractivity contribution in [1.29, 1.82) is 0 Å². The van der Waals surface area contributed by atoms with E-state index in [9.17, 15) is 9.59 Å². The van der Waals surface area contributed by atoms with Crippen LogP contribution in [-0.2, 0) is 9.59 Å². The molecule has 0 fully saturated rings. The lowest BCUT2D eigenvalue weighted by Gasteiger charge is -2.09. The molecule has 0 aliphatic heterocycles. The number of thiocarbonyl (C=S) groups is 1. The predicted octanol–water partition coefficient (Wildman–Crippen LogP) is 3.17. The Bertz CT molecular complexity index is 756. The highest BCUT2D eigenvalue weighted by atomic mass is 32.1. The normalized spacial score (nSPS) is 10.2. The summed E-state index contributed by atoms with van der Waals surface area (Å²) in [7, 11) is 0. The van der Waals surface area contributed by atoms with Gasteiger partial charge in [-0.2, -0.15) is 0 Å². The van der Waals surface area contributed by atoms with Crippen LogP contribution < -0.4 is 16.0 Å². The van der Waals surface area contributed by atoms with Gasteiger partial charge in [0.1, 0.15) is 0 Å². The van der Waals surface area contributed by atoms with Crippen LogP contribution in [0.3, 0.4) is 0 Å². The van der Waals surface area contributed by atoms with Gasteiger partial charge in [0, 0.05) is 24.4 Å². The highest BCUT2D eigenvalue weighted by Crippen LogP contribution is 2.13. The largest absolute Gasteiger partial charge is 0.332 e. The van der Waals surface area contributed by atoms with Gasteiger partial charge in [-0.05, 0) is 48.1 Å². The third-order valence-electron chi connectivity index (χ3n) is 2.93. The Kier molecular flexibility index (Phi) is 6.22. The van der Waals surface area contributed by atoms with Crippen molar-refractivity contribution in [2.75, 3.05) is 10.6 Å². The molecule has 24 heavy (non-hydrogen) atoms. The van der Waals surface area contributed by atoms with Crippen molar-refractivity contribution < 1.29 is 9.59 Å². The van der Waals surface area contributed by atoms with Gasteiger partial charge in [0.2, 0.25) is 11.8 Å². The minimum absolute atomic E-state index is 0.135. The summed E-state index contributed by atoms with van der Waals surface area (Å²) in [5, 5.41) is 8.35. The number of amides is 2. The van der Waals surface area contributed by atoms with E-state index in [1.165, 1.54) is 13.0 Å². The predicted molar refractivity (Wildman–Crippen MR) is 101 cm³/mol. The zero-order chi connectivity index (χ0) is 17.4. The second-order valence-electron chi connectivity index (χ2n) is 4.95. The molecule has 0 aliphatic carbocycles. The quantitative estimate of drug-likeness (QED) is 0.591. The minimum Gasteiger partial charge on any atom is -0.332 e. The molecule has 0 atom stereocenters. The van der Waals surface area contributed by atoms with Crippen LogP contribution in [-0.4, -0.2) is 16.9 Å². The number of hydrogen-bond acceptors (Lipinski definition) is 3. The molecule has 6 heteroatoms. The molecule has 2 aromatic carbocycles. The average molecular weight is 339 g/mol. The molecule has 0 spiro atoms. The molecule has 0 unspecified atom stereocenters. The lowest BCUT2D eigenvalue weighted by Crippen LogP contribution is -2.32. The summed E-state index contributed by atoms with van der Waals surface area (Å²) >= 11 is 5.10. The van der Waals surface area contributed by atoms with Gasteiger partial charge in [-0.1, -0.05) is 30.3 Å². The van der Waals surface area contributed by atoms with Crippen LogP contribution >= 0.6 is 12.2 Å². The van der Waals surface area contributed by atoms with Crippen LogP contribution in [0, 0.1) is 0 Å². The van der Waals surface area contributed by atoms with Crippen LogP contribution in [0.1, 0.15) is 12.5 Å². The van der Waals surface area contributed by atoms with E-state index in [-0.39, 0.29) is 16.9 Å². The topological polar surface area (TPSA) is 70.2 Å². The Balaban J connectivity index is 1.85. The molecule has 0 radical (unpaired) electrons. The van der Waals surface area contributed by atoms with E-state index in [4.69, 9.17) is 12.2 Å². The maximum Gasteiger partial charge on any atom is 0.250 e. The third-order valence-corrected chi connectivity index (χ3v) is 3.13. The SMILES string of the molecule is CC(=O)Nc1ccc(NC(=S)NC(=O)/C=C/c2ccccc2)cc1. The molecule has 122 valence electrons. The number of anilines is 2. The fourth-order valence-electron chi connectivity index (χ4n) is 1.89. The van der Waals surface area contributed by atoms with Gasteiger partial charge in [0.15, 0.2) is 5.11 Å². The van der Waals surface area contributed by atoms with Gasteiger partial charge in [0.25, 0.3) is 0 Å². The molecule has 0 aromatic heterocycles. The molecule has 2 amide bonds. The molecule has 0 heterocycles. The first-order valence-corrected chi connectivity index (χ1v) is 7.66. The number of nitrogens with one attached hydrogen (secondary N) is 3. The zero-order valence-corrected chi connectivity index (χ0v) is 13.9. The summed E-state index contributed by atoms with van der Waals surface area (Å²) in [4.78, 5) is 22.8. The van der Waals surface area contributed by atoms with Crippen LogP contribution in [0.25, 0.3) is 6.08 Å². The van der Waals surface area contributed by atoms with E-state index in [2.05, 4.69) is 16.0 Å². The molecule has 2 rings (SSSR count). The van der Waals surface area contributed by atoms with E-state index in [1.807, 2.05) is 30.3 Å². The van der Waals surface area contributed by atoms with Crippen LogP contribution in [0.4, 0.5) is 11.4 Å². The summed E-state index contributed by atoms with van der Waals surface area (Å²) in [6.07, 6.45) is 3.13. The summed E-state index contributed by atoms with van der Waals surface area (Å²) < 4.78 is 0. The first kappa shape index (κ1) is 17.4. The Morgan fingerprint density at radius 3 is 2.08 bits per heavy atom. The fraction of sp³-hybridized carbons (Fsp3) is 0.0556. The van der Waals surface area contributed by atoms with Crippen molar-refractivity contribution in [3.8, 4) is 0 Å². The smallest absolute Gasteiger partial charge is 0.250 e. The molecule has 0 saturated carbocycles. The van der Waals surface area contributed by atoms with Crippen molar-refractivity contribution in [2.45, 2.75) is 6.92 Å². The van der Waals surface area contributed by atoms with Crippen molar-refractivity contribution in [3.05, 3.63) is 66.2 Å². The second kappa shape index (κ2) is 8.59. The molecule has 5 nitrogen and oxygen atoms in total. The van der Waals surface area contributed by atoms with E-state index in [0.29, 0.717) is 11.4 Å². The first-order valence-electron chi connectivity index (χ1n) is 7.26. The fourth-order valence-corrected chi connectivity index (χ4v) is 2.11. The van der Waals surface area contributed by atoms with Crippen LogP contribution in [0.2, 0.25) is 0 Å². The third kappa shape index (κ3) is 6.02. The van der Waals surface area contributed by atoms with E-state index < -0.39 is 0 Å². The van der Waals surface area contributed by atoms with Crippen molar-refractivity contribution in [3.63, 3.8) is 0 Å². The van der Waals surface area contributed by atoms with Gasteiger partial charge in [-0.3, -0.25) is 14.9 Å². The van der Waals surface area contributed by atoms with Crippen LogP contribution in [0.5, 0.6) is 0 Å². The van der Waals surface area contributed by atoms with E-state index >= 15 is 0 Å². The summed E-state index contributed by atoms with van der Waals surface area (Å²) in [5.74, 6) is -0.449. The zero-order valence-electron chi connectivity index (χ0n) is 13.1. The lowest BCUT2D eigenvalue weighted by molar-refractivity contribution is -0.115. The monoisotopic (exact) mass is 339 g/mol.